The van der Waals surface area contributed by atoms with Gasteiger partial charge in [-0.2, -0.15) is 0 Å². The number of hydrogen-bond acceptors (Lipinski definition) is 6. The summed E-state index contributed by atoms with van der Waals surface area (Å²) >= 11 is 6.31. The lowest BCUT2D eigenvalue weighted by Crippen LogP contribution is -2.19. The highest BCUT2D eigenvalue weighted by atomic mass is 35.5. The quantitative estimate of drug-likeness (QED) is 0.337. The zero-order valence-corrected chi connectivity index (χ0v) is 18.3. The van der Waals surface area contributed by atoms with Crippen LogP contribution < -0.4 is 20.1 Å². The van der Waals surface area contributed by atoms with Crippen LogP contribution in [0.15, 0.2) is 54.9 Å². The van der Waals surface area contributed by atoms with Crippen LogP contribution in [-0.4, -0.2) is 28.2 Å². The highest BCUT2D eigenvalue weighted by Gasteiger charge is 2.13. The molecule has 2 amide bonds. The van der Waals surface area contributed by atoms with Gasteiger partial charge < -0.3 is 25.2 Å². The fraction of sp³-hybridized carbons (Fsp3) is 0.0870. The third kappa shape index (κ3) is 4.88. The van der Waals surface area contributed by atoms with Crippen molar-refractivity contribution in [3.63, 3.8) is 0 Å². The minimum Gasteiger partial charge on any atom is -0.504 e. The topological polar surface area (TPSA) is 106 Å². The molecule has 1 heterocycles. The van der Waals surface area contributed by atoms with E-state index in [1.54, 1.807) is 37.3 Å². The summed E-state index contributed by atoms with van der Waals surface area (Å²) in [5.41, 5.74) is 1.58. The second-order valence-corrected chi connectivity index (χ2v) is 7.41. The molecule has 3 aromatic carbocycles. The van der Waals surface area contributed by atoms with Crippen molar-refractivity contribution < 1.29 is 23.8 Å². The molecular formula is C23H18ClFN4O4. The monoisotopic (exact) mass is 468 g/mol. The number of halogens is 2. The average molecular weight is 469 g/mol. The number of nitrogens with zero attached hydrogens (tertiary/aromatic N) is 2. The van der Waals surface area contributed by atoms with Gasteiger partial charge in [0.15, 0.2) is 11.5 Å². The first-order valence-electron chi connectivity index (χ1n) is 9.67. The number of carbonyl (C=O) groups excluding carboxylic acids is 1. The van der Waals surface area contributed by atoms with Gasteiger partial charge in [0.1, 0.15) is 17.9 Å². The van der Waals surface area contributed by atoms with Crippen molar-refractivity contribution in [3.8, 4) is 23.1 Å². The molecule has 0 aliphatic rings. The second-order valence-electron chi connectivity index (χ2n) is 7.01. The van der Waals surface area contributed by atoms with Crippen LogP contribution in [0.2, 0.25) is 5.02 Å². The normalized spacial score (nSPS) is 10.7. The van der Waals surface area contributed by atoms with Gasteiger partial charge in [-0.25, -0.2) is 19.2 Å². The Hall–Kier alpha value is -4.11. The molecule has 168 valence electrons. The molecule has 0 aliphatic heterocycles. The van der Waals surface area contributed by atoms with Crippen LogP contribution in [-0.2, 0) is 0 Å². The number of benzene rings is 3. The molecule has 0 aliphatic carbocycles. The fourth-order valence-electron chi connectivity index (χ4n) is 3.02. The van der Waals surface area contributed by atoms with Gasteiger partial charge >= 0.3 is 6.03 Å². The zero-order valence-electron chi connectivity index (χ0n) is 17.5. The lowest BCUT2D eigenvalue weighted by atomic mass is 10.2. The third-order valence-corrected chi connectivity index (χ3v) is 5.05. The number of urea groups is 1. The van der Waals surface area contributed by atoms with E-state index in [2.05, 4.69) is 20.6 Å². The molecule has 4 rings (SSSR count). The molecule has 4 aromatic rings. The fourth-order valence-corrected chi connectivity index (χ4v) is 3.24. The summed E-state index contributed by atoms with van der Waals surface area (Å²) in [7, 11) is 1.43. The Balaban J connectivity index is 1.51. The molecule has 1 aromatic heterocycles. The maximum Gasteiger partial charge on any atom is 0.323 e. The number of carbonyl (C=O) groups is 1. The summed E-state index contributed by atoms with van der Waals surface area (Å²) in [5, 5.41) is 15.8. The van der Waals surface area contributed by atoms with Crippen molar-refractivity contribution in [2.45, 2.75) is 6.92 Å². The van der Waals surface area contributed by atoms with E-state index in [0.29, 0.717) is 33.6 Å². The molecule has 0 fully saturated rings. The van der Waals surface area contributed by atoms with E-state index in [1.165, 1.54) is 31.6 Å². The number of nitrogens with one attached hydrogen (secondary N) is 2. The predicted molar refractivity (Wildman–Crippen MR) is 123 cm³/mol. The van der Waals surface area contributed by atoms with Gasteiger partial charge in [0, 0.05) is 17.8 Å². The van der Waals surface area contributed by atoms with E-state index in [1.807, 2.05) is 0 Å². The van der Waals surface area contributed by atoms with Crippen molar-refractivity contribution in [2.24, 2.45) is 0 Å². The van der Waals surface area contributed by atoms with Crippen LogP contribution in [0.5, 0.6) is 23.1 Å². The number of rotatable bonds is 5. The number of aryl methyl sites for hydroxylation is 1. The second kappa shape index (κ2) is 9.17. The van der Waals surface area contributed by atoms with Crippen LogP contribution in [0.4, 0.5) is 20.6 Å². The molecule has 8 nitrogen and oxygen atoms in total. The summed E-state index contributed by atoms with van der Waals surface area (Å²) in [4.78, 5) is 20.5. The van der Waals surface area contributed by atoms with Crippen LogP contribution in [0.3, 0.4) is 0 Å². The maximum absolute atomic E-state index is 13.7. The van der Waals surface area contributed by atoms with Crippen molar-refractivity contribution in [2.75, 3.05) is 17.7 Å². The van der Waals surface area contributed by atoms with Gasteiger partial charge in [-0.3, -0.25) is 0 Å². The smallest absolute Gasteiger partial charge is 0.323 e. The van der Waals surface area contributed by atoms with Gasteiger partial charge in [0.2, 0.25) is 5.88 Å². The van der Waals surface area contributed by atoms with E-state index in [9.17, 15) is 14.3 Å². The molecule has 0 bridgehead atoms. The number of aromatic nitrogens is 2. The number of phenols is 1. The van der Waals surface area contributed by atoms with Crippen LogP contribution >= 0.6 is 11.6 Å². The number of anilines is 2. The van der Waals surface area contributed by atoms with Gasteiger partial charge in [-0.15, -0.1) is 0 Å². The van der Waals surface area contributed by atoms with Crippen molar-refractivity contribution in [1.82, 2.24) is 9.97 Å². The lowest BCUT2D eigenvalue weighted by molar-refractivity contribution is 0.262. The molecule has 0 unspecified atom stereocenters. The molecule has 0 atom stereocenters. The molecule has 0 spiro atoms. The first kappa shape index (κ1) is 22.1. The van der Waals surface area contributed by atoms with E-state index in [-0.39, 0.29) is 22.4 Å². The first-order chi connectivity index (χ1) is 15.8. The molecule has 0 saturated heterocycles. The van der Waals surface area contributed by atoms with Crippen LogP contribution in [0.25, 0.3) is 10.9 Å². The molecule has 10 heteroatoms. The van der Waals surface area contributed by atoms with Crippen molar-refractivity contribution in [3.05, 3.63) is 71.3 Å². The Kier molecular flexibility index (Phi) is 6.14. The van der Waals surface area contributed by atoms with Gasteiger partial charge in [0.05, 0.1) is 28.7 Å². The highest BCUT2D eigenvalue weighted by molar-refractivity contribution is 6.34. The van der Waals surface area contributed by atoms with E-state index >= 15 is 0 Å². The summed E-state index contributed by atoms with van der Waals surface area (Å²) in [6, 6.07) is 11.5. The Morgan fingerprint density at radius 3 is 2.64 bits per heavy atom. The van der Waals surface area contributed by atoms with Gasteiger partial charge in [-0.1, -0.05) is 17.7 Å². The van der Waals surface area contributed by atoms with E-state index in [4.69, 9.17) is 21.1 Å². The number of fused-ring (bicyclic) bond motifs is 1. The minimum absolute atomic E-state index is 0.0558. The average Bonchev–Trinajstić information content (AvgIpc) is 2.78. The standard InChI is InChI=1S/C23H18ClFN4O4/c1-12-3-4-13(7-17(12)25)28-23(31)29-18-6-5-14(8-16(18)24)33-22-15-9-21(32-2)20(30)10-19(15)26-11-27-22/h3-11,30H,1-2H3,(H2,28,29,31). The number of amides is 2. The summed E-state index contributed by atoms with van der Waals surface area (Å²) in [6.07, 6.45) is 1.30. The molecule has 3 N–H and O–H groups in total. The largest absolute Gasteiger partial charge is 0.504 e. The first-order valence-corrected chi connectivity index (χ1v) is 10.0. The van der Waals surface area contributed by atoms with Crippen molar-refractivity contribution >= 4 is 39.9 Å². The van der Waals surface area contributed by atoms with E-state index < -0.39 is 11.8 Å². The lowest BCUT2D eigenvalue weighted by Gasteiger charge is -2.12. The Morgan fingerprint density at radius 2 is 1.91 bits per heavy atom. The predicted octanol–water partition coefficient (Wildman–Crippen LogP) is 5.88. The Labute approximate surface area is 193 Å². The molecule has 0 saturated carbocycles. The zero-order chi connectivity index (χ0) is 23.5. The van der Waals surface area contributed by atoms with Crippen LogP contribution in [0, 0.1) is 12.7 Å². The number of aromatic hydroxyl groups is 1. The number of hydrogen-bond donors (Lipinski definition) is 3. The maximum atomic E-state index is 13.7. The van der Waals surface area contributed by atoms with Gasteiger partial charge in [0.25, 0.3) is 0 Å². The SMILES string of the molecule is COc1cc2c(Oc3ccc(NC(=O)Nc4ccc(C)c(F)c4)c(Cl)c3)ncnc2cc1O. The summed E-state index contributed by atoms with van der Waals surface area (Å²) in [6.45, 7) is 1.63. The van der Waals surface area contributed by atoms with Gasteiger partial charge in [-0.05, 0) is 42.8 Å². The summed E-state index contributed by atoms with van der Waals surface area (Å²) < 4.78 is 24.7. The summed E-state index contributed by atoms with van der Waals surface area (Å²) in [5.74, 6) is 0.365. The Morgan fingerprint density at radius 1 is 1.09 bits per heavy atom. The minimum atomic E-state index is -0.581. The molecular weight excluding hydrogens is 451 g/mol. The third-order valence-electron chi connectivity index (χ3n) is 4.73. The molecule has 33 heavy (non-hydrogen) atoms. The van der Waals surface area contributed by atoms with Crippen LogP contribution in [0.1, 0.15) is 5.56 Å². The Bertz CT molecular complexity index is 1370. The number of phenolic OH excluding ortho intramolecular Hbond substituents is 1. The highest BCUT2D eigenvalue weighted by Crippen LogP contribution is 2.36. The van der Waals surface area contributed by atoms with Crippen molar-refractivity contribution in [1.29, 1.82) is 0 Å². The van der Waals surface area contributed by atoms with E-state index in [0.717, 1.165) is 0 Å². The molecule has 0 radical (unpaired) electrons. The number of ether oxygens (including phenoxy) is 2. The number of methoxy groups -OCH3 is 1.